The molecule has 2 aromatic rings. The Bertz CT molecular complexity index is 734. The van der Waals surface area contributed by atoms with Gasteiger partial charge in [-0.25, -0.2) is 0 Å². The molecule has 1 atom stereocenters. The van der Waals surface area contributed by atoms with Crippen molar-refractivity contribution in [3.8, 4) is 0 Å². The summed E-state index contributed by atoms with van der Waals surface area (Å²) >= 11 is 1.19. The van der Waals surface area contributed by atoms with Crippen molar-refractivity contribution in [3.63, 3.8) is 0 Å². The van der Waals surface area contributed by atoms with Crippen LogP contribution in [-0.2, 0) is 0 Å². The zero-order valence-corrected chi connectivity index (χ0v) is 15.6. The Morgan fingerprint density at radius 1 is 1.17 bits per heavy atom. The van der Waals surface area contributed by atoms with Crippen molar-refractivity contribution in [2.24, 2.45) is 0 Å². The van der Waals surface area contributed by atoms with Crippen molar-refractivity contribution >= 4 is 17.4 Å². The Hall–Kier alpha value is -1.79. The second-order valence-electron chi connectivity index (χ2n) is 6.55. The average molecular weight is 344 g/mol. The first-order chi connectivity index (χ1) is 11.5. The van der Waals surface area contributed by atoms with Gasteiger partial charge in [0.1, 0.15) is 4.88 Å². The van der Waals surface area contributed by atoms with Crippen LogP contribution in [-0.4, -0.2) is 51.5 Å². The van der Waals surface area contributed by atoms with Gasteiger partial charge in [0.05, 0.1) is 5.69 Å². The molecule has 0 saturated carbocycles. The van der Waals surface area contributed by atoms with Gasteiger partial charge < -0.3 is 4.90 Å². The molecule has 0 radical (unpaired) electrons. The second kappa shape index (κ2) is 6.99. The lowest BCUT2D eigenvalue weighted by Gasteiger charge is -2.38. The van der Waals surface area contributed by atoms with Crippen LogP contribution in [0.2, 0.25) is 0 Å². The number of aryl methyl sites for hydroxylation is 3. The number of piperazine rings is 1. The third-order valence-electron chi connectivity index (χ3n) is 4.87. The summed E-state index contributed by atoms with van der Waals surface area (Å²) in [7, 11) is 0. The van der Waals surface area contributed by atoms with Gasteiger partial charge in [0, 0.05) is 32.2 Å². The maximum atomic E-state index is 12.6. The van der Waals surface area contributed by atoms with Gasteiger partial charge in [0.25, 0.3) is 5.91 Å². The minimum absolute atomic E-state index is 0.0707. The number of benzene rings is 1. The summed E-state index contributed by atoms with van der Waals surface area (Å²) < 4.78 is 3.87. The van der Waals surface area contributed by atoms with E-state index < -0.39 is 0 Å². The SMILES string of the molecule is Cc1ccc(C(C)N2CCN(C(=O)c3snnc3C)CC2)c(C)c1. The number of nitrogens with zero attached hydrogens (tertiary/aromatic N) is 4. The average Bonchev–Trinajstić information content (AvgIpc) is 3.00. The number of carbonyl (C=O) groups is 1. The lowest BCUT2D eigenvalue weighted by molar-refractivity contribution is 0.0585. The van der Waals surface area contributed by atoms with E-state index in [-0.39, 0.29) is 5.91 Å². The molecule has 0 spiro atoms. The molecule has 1 fully saturated rings. The van der Waals surface area contributed by atoms with Gasteiger partial charge in [-0.3, -0.25) is 9.69 Å². The van der Waals surface area contributed by atoms with E-state index in [1.807, 2.05) is 11.8 Å². The van der Waals surface area contributed by atoms with Gasteiger partial charge in [-0.2, -0.15) is 0 Å². The first kappa shape index (κ1) is 17.0. The van der Waals surface area contributed by atoms with Crippen molar-refractivity contribution in [2.45, 2.75) is 33.7 Å². The van der Waals surface area contributed by atoms with E-state index in [4.69, 9.17) is 0 Å². The number of rotatable bonds is 3. The molecule has 24 heavy (non-hydrogen) atoms. The summed E-state index contributed by atoms with van der Waals surface area (Å²) in [6.45, 7) is 11.7. The van der Waals surface area contributed by atoms with Crippen LogP contribution in [0.4, 0.5) is 0 Å². The van der Waals surface area contributed by atoms with Crippen LogP contribution in [0.15, 0.2) is 18.2 Å². The summed E-state index contributed by atoms with van der Waals surface area (Å²) in [5.41, 5.74) is 4.75. The highest BCUT2D eigenvalue weighted by atomic mass is 32.1. The monoisotopic (exact) mass is 344 g/mol. The Morgan fingerprint density at radius 2 is 1.88 bits per heavy atom. The molecule has 1 aromatic heterocycles. The predicted octanol–water partition coefficient (Wildman–Crippen LogP) is 2.98. The first-order valence-electron chi connectivity index (χ1n) is 8.37. The first-order valence-corrected chi connectivity index (χ1v) is 9.14. The molecule has 0 bridgehead atoms. The number of carbonyl (C=O) groups excluding carboxylic acids is 1. The van der Waals surface area contributed by atoms with Gasteiger partial charge in [0.2, 0.25) is 0 Å². The molecule has 2 heterocycles. The Balaban J connectivity index is 1.64. The Labute approximate surface area is 147 Å². The third kappa shape index (κ3) is 3.35. The van der Waals surface area contributed by atoms with Gasteiger partial charge in [-0.05, 0) is 50.4 Å². The van der Waals surface area contributed by atoms with E-state index >= 15 is 0 Å². The van der Waals surface area contributed by atoms with E-state index in [2.05, 4.69) is 53.5 Å². The second-order valence-corrected chi connectivity index (χ2v) is 7.31. The number of hydrogen-bond acceptors (Lipinski definition) is 5. The molecule has 0 aliphatic carbocycles. The number of amides is 1. The molecule has 1 aliphatic rings. The fourth-order valence-corrected chi connectivity index (χ4v) is 4.00. The predicted molar refractivity (Wildman–Crippen MR) is 96.5 cm³/mol. The highest BCUT2D eigenvalue weighted by Gasteiger charge is 2.27. The summed E-state index contributed by atoms with van der Waals surface area (Å²) in [5.74, 6) is 0.0707. The Kier molecular flexibility index (Phi) is 4.96. The zero-order valence-electron chi connectivity index (χ0n) is 14.7. The van der Waals surface area contributed by atoms with E-state index in [9.17, 15) is 4.79 Å². The summed E-state index contributed by atoms with van der Waals surface area (Å²) in [4.78, 5) is 17.6. The molecule has 1 saturated heterocycles. The molecule has 0 N–H and O–H groups in total. The van der Waals surface area contributed by atoms with Crippen molar-refractivity contribution < 1.29 is 4.79 Å². The van der Waals surface area contributed by atoms with E-state index in [1.165, 1.54) is 28.2 Å². The molecule has 1 aromatic carbocycles. The standard InChI is InChI=1S/C18H24N4OS/c1-12-5-6-16(13(2)11-12)15(4)21-7-9-22(10-8-21)18(23)17-14(3)19-20-24-17/h5-6,11,15H,7-10H2,1-4H3. The van der Waals surface area contributed by atoms with Crippen LogP contribution < -0.4 is 0 Å². The van der Waals surface area contributed by atoms with E-state index in [0.29, 0.717) is 10.9 Å². The zero-order chi connectivity index (χ0) is 17.3. The molecule has 6 heteroatoms. The van der Waals surface area contributed by atoms with Crippen molar-refractivity contribution in [1.29, 1.82) is 0 Å². The lowest BCUT2D eigenvalue weighted by Crippen LogP contribution is -2.49. The van der Waals surface area contributed by atoms with E-state index in [0.717, 1.165) is 31.9 Å². The van der Waals surface area contributed by atoms with Crippen LogP contribution in [0.25, 0.3) is 0 Å². The maximum Gasteiger partial charge on any atom is 0.267 e. The normalized spacial score (nSPS) is 17.1. The molecule has 1 aliphatic heterocycles. The highest BCUT2D eigenvalue weighted by Crippen LogP contribution is 2.26. The maximum absolute atomic E-state index is 12.6. The minimum atomic E-state index is 0.0707. The number of aromatic nitrogens is 2. The quantitative estimate of drug-likeness (QED) is 0.859. The fourth-order valence-electron chi connectivity index (χ4n) is 3.37. The minimum Gasteiger partial charge on any atom is -0.335 e. The molecule has 128 valence electrons. The van der Waals surface area contributed by atoms with Gasteiger partial charge in [-0.15, -0.1) is 5.10 Å². The van der Waals surface area contributed by atoms with Gasteiger partial charge >= 0.3 is 0 Å². The molecule has 1 amide bonds. The molecular weight excluding hydrogens is 320 g/mol. The van der Waals surface area contributed by atoms with Crippen molar-refractivity contribution in [2.75, 3.05) is 26.2 Å². The molecule has 1 unspecified atom stereocenters. The van der Waals surface area contributed by atoms with E-state index in [1.54, 1.807) is 0 Å². The molecular formula is C18H24N4OS. The van der Waals surface area contributed by atoms with Crippen LogP contribution in [0, 0.1) is 20.8 Å². The van der Waals surface area contributed by atoms with Crippen LogP contribution in [0.1, 0.15) is 45.0 Å². The fraction of sp³-hybridized carbons (Fsp3) is 0.500. The third-order valence-corrected chi connectivity index (χ3v) is 5.69. The summed E-state index contributed by atoms with van der Waals surface area (Å²) in [6.07, 6.45) is 0. The van der Waals surface area contributed by atoms with Crippen LogP contribution in [0.3, 0.4) is 0 Å². The smallest absolute Gasteiger partial charge is 0.267 e. The number of hydrogen-bond donors (Lipinski definition) is 0. The van der Waals surface area contributed by atoms with Gasteiger partial charge in [-0.1, -0.05) is 28.3 Å². The van der Waals surface area contributed by atoms with Crippen molar-refractivity contribution in [3.05, 3.63) is 45.5 Å². The largest absolute Gasteiger partial charge is 0.335 e. The van der Waals surface area contributed by atoms with Gasteiger partial charge in [0.15, 0.2) is 0 Å². The van der Waals surface area contributed by atoms with Crippen LogP contribution >= 0.6 is 11.5 Å². The highest BCUT2D eigenvalue weighted by molar-refractivity contribution is 7.07. The summed E-state index contributed by atoms with van der Waals surface area (Å²) in [5, 5.41) is 3.94. The lowest BCUT2D eigenvalue weighted by atomic mass is 9.99. The Morgan fingerprint density at radius 3 is 2.46 bits per heavy atom. The van der Waals surface area contributed by atoms with Crippen LogP contribution in [0.5, 0.6) is 0 Å². The molecule has 5 nitrogen and oxygen atoms in total. The van der Waals surface area contributed by atoms with Crippen molar-refractivity contribution in [1.82, 2.24) is 19.4 Å². The molecule has 3 rings (SSSR count). The summed E-state index contributed by atoms with van der Waals surface area (Å²) in [6, 6.07) is 7.03. The topological polar surface area (TPSA) is 49.3 Å².